The number of hydrogen-bond donors (Lipinski definition) is 3. The molecule has 0 radical (unpaired) electrons. The first kappa shape index (κ1) is 11.5. The van der Waals surface area contributed by atoms with E-state index in [1.807, 2.05) is 5.01 Å². The van der Waals surface area contributed by atoms with Crippen molar-refractivity contribution in [2.75, 3.05) is 32.0 Å². The van der Waals surface area contributed by atoms with Crippen LogP contribution in [0.4, 0.5) is 5.69 Å². The number of aromatic nitrogens is 2. The lowest BCUT2D eigenvalue weighted by atomic mass is 10.2. The van der Waals surface area contributed by atoms with Gasteiger partial charge in [0, 0.05) is 19.0 Å². The molecule has 1 aliphatic carbocycles. The molecule has 7 heteroatoms. The molecule has 1 saturated heterocycles. The topological polar surface area (TPSA) is 96.3 Å². The van der Waals surface area contributed by atoms with Gasteiger partial charge in [-0.15, -0.1) is 0 Å². The Morgan fingerprint density at radius 1 is 1.44 bits per heavy atom. The highest BCUT2D eigenvalue weighted by molar-refractivity contribution is 5.97. The van der Waals surface area contributed by atoms with Crippen LogP contribution in [0, 0.1) is 0 Å². The first-order valence-corrected chi connectivity index (χ1v) is 6.23. The van der Waals surface area contributed by atoms with Gasteiger partial charge in [0.15, 0.2) is 5.69 Å². The van der Waals surface area contributed by atoms with Gasteiger partial charge in [0.05, 0.1) is 24.6 Å². The number of carbonyl (C=O) groups is 1. The lowest BCUT2D eigenvalue weighted by Crippen LogP contribution is -2.48. The fraction of sp³-hybridized carbons (Fsp3) is 0.636. The van der Waals surface area contributed by atoms with Crippen LogP contribution in [0.3, 0.4) is 0 Å². The van der Waals surface area contributed by atoms with Crippen molar-refractivity contribution in [3.05, 3.63) is 11.4 Å². The van der Waals surface area contributed by atoms with E-state index in [1.165, 1.54) is 0 Å². The van der Waals surface area contributed by atoms with Crippen LogP contribution in [0.15, 0.2) is 0 Å². The molecule has 2 fully saturated rings. The Kier molecular flexibility index (Phi) is 2.92. The van der Waals surface area contributed by atoms with Crippen molar-refractivity contribution in [2.24, 2.45) is 0 Å². The molecule has 2 heterocycles. The van der Waals surface area contributed by atoms with Crippen LogP contribution in [0.2, 0.25) is 0 Å². The summed E-state index contributed by atoms with van der Waals surface area (Å²) in [6, 6.07) is 0. The van der Waals surface area contributed by atoms with Crippen LogP contribution < -0.4 is 11.2 Å². The van der Waals surface area contributed by atoms with Crippen molar-refractivity contribution >= 4 is 11.6 Å². The minimum Gasteiger partial charge on any atom is -0.395 e. The molecule has 1 amide bonds. The van der Waals surface area contributed by atoms with Crippen LogP contribution in [0.5, 0.6) is 0 Å². The van der Waals surface area contributed by atoms with Crippen molar-refractivity contribution in [3.8, 4) is 0 Å². The number of nitrogens with one attached hydrogen (secondary N) is 2. The van der Waals surface area contributed by atoms with Gasteiger partial charge >= 0.3 is 0 Å². The number of H-pyrrole nitrogens is 1. The number of aromatic amines is 1. The maximum atomic E-state index is 12.0. The minimum absolute atomic E-state index is 0.252. The summed E-state index contributed by atoms with van der Waals surface area (Å²) in [4.78, 5) is 12.0. The third-order valence-corrected chi connectivity index (χ3v) is 3.30. The van der Waals surface area contributed by atoms with Gasteiger partial charge in [-0.2, -0.15) is 5.10 Å². The predicted octanol–water partition coefficient (Wildman–Crippen LogP) is -0.154. The van der Waals surface area contributed by atoms with E-state index in [0.29, 0.717) is 43.6 Å². The molecule has 18 heavy (non-hydrogen) atoms. The summed E-state index contributed by atoms with van der Waals surface area (Å²) >= 11 is 0. The molecule has 0 spiro atoms. The molecule has 7 nitrogen and oxygen atoms in total. The monoisotopic (exact) mass is 251 g/mol. The van der Waals surface area contributed by atoms with Crippen molar-refractivity contribution < 1.29 is 9.53 Å². The van der Waals surface area contributed by atoms with Crippen LogP contribution in [0.1, 0.15) is 34.9 Å². The van der Waals surface area contributed by atoms with Crippen molar-refractivity contribution in [1.29, 1.82) is 0 Å². The molecule has 0 atom stereocenters. The van der Waals surface area contributed by atoms with Crippen molar-refractivity contribution in [1.82, 2.24) is 20.6 Å². The molecule has 4 N–H and O–H groups in total. The summed E-state index contributed by atoms with van der Waals surface area (Å²) in [5.74, 6) is 0.208. The van der Waals surface area contributed by atoms with E-state index in [0.717, 1.165) is 18.5 Å². The number of carbonyl (C=O) groups excluding carboxylic acids is 1. The summed E-state index contributed by atoms with van der Waals surface area (Å²) in [6.45, 7) is 2.63. The van der Waals surface area contributed by atoms with Crippen LogP contribution >= 0.6 is 0 Å². The minimum atomic E-state index is -0.252. The fourth-order valence-electron chi connectivity index (χ4n) is 2.09. The number of nitrogens with zero attached hydrogens (tertiary/aromatic N) is 2. The zero-order chi connectivity index (χ0) is 12.5. The van der Waals surface area contributed by atoms with E-state index in [9.17, 15) is 4.79 Å². The van der Waals surface area contributed by atoms with E-state index in [4.69, 9.17) is 10.5 Å². The normalized spacial score (nSPS) is 20.9. The highest BCUT2D eigenvalue weighted by Gasteiger charge is 2.30. The molecule has 0 aromatic carbocycles. The Hall–Kier alpha value is -1.60. The first-order valence-electron chi connectivity index (χ1n) is 6.23. The predicted molar refractivity (Wildman–Crippen MR) is 64.8 cm³/mol. The number of anilines is 1. The Morgan fingerprint density at radius 2 is 2.17 bits per heavy atom. The smallest absolute Gasteiger partial charge is 0.288 e. The fourth-order valence-corrected chi connectivity index (χ4v) is 2.09. The number of ether oxygens (including phenoxy) is 1. The Bertz CT molecular complexity index is 448. The van der Waals surface area contributed by atoms with Gasteiger partial charge in [0.1, 0.15) is 0 Å². The maximum Gasteiger partial charge on any atom is 0.288 e. The number of hydrazine groups is 1. The average Bonchev–Trinajstić information content (AvgIpc) is 3.14. The largest absolute Gasteiger partial charge is 0.395 e. The van der Waals surface area contributed by atoms with Gasteiger partial charge in [-0.3, -0.25) is 15.3 Å². The number of morpholine rings is 1. The maximum absolute atomic E-state index is 12.0. The molecule has 1 aromatic rings. The zero-order valence-electron chi connectivity index (χ0n) is 10.1. The Labute approximate surface area is 105 Å². The van der Waals surface area contributed by atoms with Crippen LogP contribution in [-0.4, -0.2) is 47.4 Å². The van der Waals surface area contributed by atoms with Gasteiger partial charge < -0.3 is 10.5 Å². The average molecular weight is 251 g/mol. The summed E-state index contributed by atoms with van der Waals surface area (Å²) in [5.41, 5.74) is 10.4. The molecular weight excluding hydrogens is 234 g/mol. The molecule has 1 aliphatic heterocycles. The van der Waals surface area contributed by atoms with E-state index in [1.54, 1.807) is 0 Å². The zero-order valence-corrected chi connectivity index (χ0v) is 10.1. The lowest BCUT2D eigenvalue weighted by Gasteiger charge is -2.26. The van der Waals surface area contributed by atoms with Gasteiger partial charge in [-0.05, 0) is 12.8 Å². The number of hydrogen-bond acceptors (Lipinski definition) is 5. The highest BCUT2D eigenvalue weighted by Crippen LogP contribution is 2.42. The molecule has 98 valence electrons. The standard InChI is InChI=1S/C11H17N5O2/c12-8-9(7-1-2-7)13-14-10(8)11(17)15-16-3-5-18-6-4-16/h7H,1-6,12H2,(H,13,14)(H,15,17). The highest BCUT2D eigenvalue weighted by atomic mass is 16.5. The van der Waals surface area contributed by atoms with Gasteiger partial charge in [-0.25, -0.2) is 5.01 Å². The van der Waals surface area contributed by atoms with E-state index in [-0.39, 0.29) is 5.91 Å². The molecule has 1 aromatic heterocycles. The summed E-state index contributed by atoms with van der Waals surface area (Å²) in [7, 11) is 0. The van der Waals surface area contributed by atoms with E-state index >= 15 is 0 Å². The number of rotatable bonds is 3. The SMILES string of the molecule is Nc1c(C(=O)NN2CCOCC2)n[nH]c1C1CC1. The summed E-state index contributed by atoms with van der Waals surface area (Å²) in [6.07, 6.45) is 2.24. The van der Waals surface area contributed by atoms with Crippen molar-refractivity contribution in [3.63, 3.8) is 0 Å². The van der Waals surface area contributed by atoms with Gasteiger partial charge in [0.2, 0.25) is 0 Å². The lowest BCUT2D eigenvalue weighted by molar-refractivity contribution is 0.0125. The number of nitrogens with two attached hydrogens (primary N) is 1. The summed E-state index contributed by atoms with van der Waals surface area (Å²) < 4.78 is 5.22. The first-order chi connectivity index (χ1) is 8.75. The van der Waals surface area contributed by atoms with E-state index < -0.39 is 0 Å². The third kappa shape index (κ3) is 2.19. The van der Waals surface area contributed by atoms with Gasteiger partial charge in [0.25, 0.3) is 5.91 Å². The molecular formula is C11H17N5O2. The van der Waals surface area contributed by atoms with E-state index in [2.05, 4.69) is 15.6 Å². The van der Waals surface area contributed by atoms with Gasteiger partial charge in [-0.1, -0.05) is 0 Å². The molecule has 1 saturated carbocycles. The second-order valence-electron chi connectivity index (χ2n) is 4.71. The number of amides is 1. The summed E-state index contributed by atoms with van der Waals surface area (Å²) in [5, 5.41) is 8.73. The molecule has 3 rings (SSSR count). The second kappa shape index (κ2) is 4.58. The number of nitrogen functional groups attached to an aromatic ring is 1. The second-order valence-corrected chi connectivity index (χ2v) is 4.71. The molecule has 0 unspecified atom stereocenters. The van der Waals surface area contributed by atoms with Crippen LogP contribution in [-0.2, 0) is 4.74 Å². The van der Waals surface area contributed by atoms with Crippen molar-refractivity contribution in [2.45, 2.75) is 18.8 Å². The molecule has 0 bridgehead atoms. The Morgan fingerprint density at radius 3 is 2.83 bits per heavy atom. The third-order valence-electron chi connectivity index (χ3n) is 3.30. The van der Waals surface area contributed by atoms with Crippen LogP contribution in [0.25, 0.3) is 0 Å². The Balaban J connectivity index is 1.67. The quantitative estimate of drug-likeness (QED) is 0.694. The molecule has 2 aliphatic rings.